The highest BCUT2D eigenvalue weighted by Gasteiger charge is 2.21. The van der Waals surface area contributed by atoms with Crippen molar-refractivity contribution >= 4 is 22.7 Å². The predicted molar refractivity (Wildman–Crippen MR) is 121 cm³/mol. The lowest BCUT2D eigenvalue weighted by atomic mass is 10.1. The Morgan fingerprint density at radius 2 is 1.94 bits per heavy atom. The molecule has 4 aromatic rings. The molecule has 2 unspecified atom stereocenters. The van der Waals surface area contributed by atoms with Crippen molar-refractivity contribution in [2.45, 2.75) is 38.9 Å². The number of benzene rings is 1. The van der Waals surface area contributed by atoms with E-state index in [2.05, 4.69) is 80.0 Å². The van der Waals surface area contributed by atoms with E-state index in [-0.39, 0.29) is 0 Å². The molecule has 2 atom stereocenters. The fourth-order valence-corrected chi connectivity index (χ4v) is 4.44. The summed E-state index contributed by atoms with van der Waals surface area (Å²) in [7, 11) is 0. The molecular formula is C22H27N9. The third-order valence-corrected chi connectivity index (χ3v) is 5.65. The molecule has 0 bridgehead atoms. The summed E-state index contributed by atoms with van der Waals surface area (Å²) in [6.45, 7) is 7.24. The third kappa shape index (κ3) is 4.22. The summed E-state index contributed by atoms with van der Waals surface area (Å²) in [6.07, 6.45) is 4.64. The van der Waals surface area contributed by atoms with Gasteiger partial charge in [0.1, 0.15) is 11.3 Å². The number of nitrogens with zero attached hydrogens (tertiary/aromatic N) is 6. The van der Waals surface area contributed by atoms with E-state index < -0.39 is 0 Å². The molecule has 1 aliphatic rings. The van der Waals surface area contributed by atoms with Gasteiger partial charge in [-0.3, -0.25) is 4.68 Å². The second kappa shape index (κ2) is 7.99. The van der Waals surface area contributed by atoms with E-state index in [0.717, 1.165) is 36.3 Å². The van der Waals surface area contributed by atoms with Gasteiger partial charge < -0.3 is 16.0 Å². The normalized spacial score (nSPS) is 19.2. The maximum atomic E-state index is 5.92. The van der Waals surface area contributed by atoms with Gasteiger partial charge in [-0.15, -0.1) is 5.10 Å². The summed E-state index contributed by atoms with van der Waals surface area (Å²) >= 11 is 0. The van der Waals surface area contributed by atoms with E-state index >= 15 is 0 Å². The zero-order valence-electron chi connectivity index (χ0n) is 17.8. The average Bonchev–Trinajstić information content (AvgIpc) is 3.37. The topological polar surface area (TPSA) is 114 Å². The van der Waals surface area contributed by atoms with Crippen LogP contribution in [-0.2, 0) is 13.0 Å². The molecule has 0 amide bonds. The number of fused-ring (bicyclic) bond motifs is 1. The van der Waals surface area contributed by atoms with Crippen molar-refractivity contribution < 1.29 is 0 Å². The fraction of sp³-hybridized carbons (Fsp3) is 0.364. The van der Waals surface area contributed by atoms with Crippen molar-refractivity contribution in [2.75, 3.05) is 23.7 Å². The number of rotatable bonds is 5. The third-order valence-electron chi connectivity index (χ3n) is 5.65. The van der Waals surface area contributed by atoms with Crippen molar-refractivity contribution in [1.29, 1.82) is 0 Å². The summed E-state index contributed by atoms with van der Waals surface area (Å²) in [4.78, 5) is 6.66. The molecule has 1 saturated heterocycles. The fourth-order valence-electron chi connectivity index (χ4n) is 4.44. The van der Waals surface area contributed by atoms with Gasteiger partial charge in [0.15, 0.2) is 0 Å². The van der Waals surface area contributed by atoms with Crippen molar-refractivity contribution in [3.05, 3.63) is 59.4 Å². The Bertz CT molecular complexity index is 1180. The second-order valence-electron chi connectivity index (χ2n) is 8.47. The molecule has 1 aliphatic heterocycles. The molecule has 0 aliphatic carbocycles. The van der Waals surface area contributed by atoms with Crippen LogP contribution in [0.15, 0.2) is 42.7 Å². The minimum Gasteiger partial charge on any atom is -0.384 e. The number of anilines is 2. The smallest absolute Gasteiger partial charge is 0.203 e. The lowest BCUT2D eigenvalue weighted by Gasteiger charge is -2.37. The minimum absolute atomic E-state index is 0.442. The number of piperazine rings is 1. The molecule has 0 radical (unpaired) electrons. The van der Waals surface area contributed by atoms with Gasteiger partial charge in [-0.25, -0.2) is 4.98 Å². The molecule has 4 heterocycles. The molecule has 9 heteroatoms. The molecule has 3 aromatic heterocycles. The average molecular weight is 418 g/mol. The lowest BCUT2D eigenvalue weighted by Crippen LogP contribution is -2.54. The maximum absolute atomic E-state index is 5.92. The van der Waals surface area contributed by atoms with Crippen molar-refractivity contribution in [2.24, 2.45) is 0 Å². The first-order valence-corrected chi connectivity index (χ1v) is 10.6. The Hall–Kier alpha value is -3.46. The molecule has 0 spiro atoms. The molecule has 160 valence electrons. The summed E-state index contributed by atoms with van der Waals surface area (Å²) < 4.78 is 1.97. The van der Waals surface area contributed by atoms with E-state index in [9.17, 15) is 0 Å². The quantitative estimate of drug-likeness (QED) is 0.455. The van der Waals surface area contributed by atoms with Crippen LogP contribution in [-0.4, -0.2) is 55.3 Å². The predicted octanol–water partition coefficient (Wildman–Crippen LogP) is 1.96. The van der Waals surface area contributed by atoms with E-state index in [4.69, 9.17) is 5.73 Å². The van der Waals surface area contributed by atoms with Crippen LogP contribution in [0, 0.1) is 0 Å². The number of nitrogens with one attached hydrogen (secondary N) is 2. The first-order valence-electron chi connectivity index (χ1n) is 10.6. The monoisotopic (exact) mass is 417 g/mol. The van der Waals surface area contributed by atoms with Crippen LogP contribution in [0.3, 0.4) is 0 Å². The van der Waals surface area contributed by atoms with Gasteiger partial charge in [0.2, 0.25) is 5.65 Å². The van der Waals surface area contributed by atoms with Gasteiger partial charge >= 0.3 is 0 Å². The van der Waals surface area contributed by atoms with Crippen LogP contribution >= 0.6 is 0 Å². The molecule has 1 aromatic carbocycles. The van der Waals surface area contributed by atoms with E-state index in [0.29, 0.717) is 30.0 Å². The standard InChI is InChI=1S/C22H27N9/c1-14-10-30(11-15(2)25-14)19-5-3-4-16(7-19)12-31-13-17(9-24-31)6-18-8-20(23)26-22-21(18)27-29-28-22/h3-5,7-9,13-15,25H,6,10-12H2,1-2H3,(H3,23,26,27,28,29). The van der Waals surface area contributed by atoms with E-state index in [1.54, 1.807) is 0 Å². The van der Waals surface area contributed by atoms with Crippen LogP contribution in [0.2, 0.25) is 0 Å². The Balaban J connectivity index is 1.31. The molecule has 4 N–H and O–H groups in total. The second-order valence-corrected chi connectivity index (χ2v) is 8.47. The van der Waals surface area contributed by atoms with Crippen molar-refractivity contribution in [3.63, 3.8) is 0 Å². The van der Waals surface area contributed by atoms with Gasteiger partial charge in [0.25, 0.3) is 0 Å². The Morgan fingerprint density at radius 1 is 1.10 bits per heavy atom. The largest absolute Gasteiger partial charge is 0.384 e. The van der Waals surface area contributed by atoms with Crippen LogP contribution in [0.25, 0.3) is 11.2 Å². The van der Waals surface area contributed by atoms with E-state index in [1.165, 1.54) is 11.3 Å². The summed E-state index contributed by atoms with van der Waals surface area (Å²) in [5.74, 6) is 0.442. The molecule has 1 fully saturated rings. The van der Waals surface area contributed by atoms with Crippen LogP contribution in [0.5, 0.6) is 0 Å². The highest BCUT2D eigenvalue weighted by atomic mass is 15.3. The molecular weight excluding hydrogens is 390 g/mol. The highest BCUT2D eigenvalue weighted by molar-refractivity contribution is 5.76. The van der Waals surface area contributed by atoms with Crippen LogP contribution in [0.1, 0.15) is 30.5 Å². The maximum Gasteiger partial charge on any atom is 0.203 e. The highest BCUT2D eigenvalue weighted by Crippen LogP contribution is 2.21. The van der Waals surface area contributed by atoms with Gasteiger partial charge in [-0.1, -0.05) is 12.1 Å². The number of nitrogens with two attached hydrogens (primary N) is 1. The number of hydrogen-bond donors (Lipinski definition) is 3. The number of aromatic nitrogens is 6. The summed E-state index contributed by atoms with van der Waals surface area (Å²) in [5, 5.41) is 19.0. The zero-order valence-corrected chi connectivity index (χ0v) is 17.8. The first kappa shape index (κ1) is 19.5. The number of H-pyrrole nitrogens is 1. The molecule has 31 heavy (non-hydrogen) atoms. The van der Waals surface area contributed by atoms with Crippen molar-refractivity contribution in [3.8, 4) is 0 Å². The molecule has 9 nitrogen and oxygen atoms in total. The summed E-state index contributed by atoms with van der Waals surface area (Å²) in [6, 6.07) is 11.6. The van der Waals surface area contributed by atoms with Crippen molar-refractivity contribution in [1.82, 2.24) is 35.5 Å². The van der Waals surface area contributed by atoms with Gasteiger partial charge in [0.05, 0.1) is 12.7 Å². The van der Waals surface area contributed by atoms with Crippen LogP contribution in [0.4, 0.5) is 11.5 Å². The SMILES string of the molecule is CC1CN(c2cccc(Cn3cc(Cc4cc(N)nc5n[nH]nc45)cn3)c2)CC(C)N1. The van der Waals surface area contributed by atoms with Gasteiger partial charge in [-0.2, -0.15) is 15.4 Å². The van der Waals surface area contributed by atoms with Crippen LogP contribution < -0.4 is 16.0 Å². The molecule has 0 saturated carbocycles. The zero-order chi connectivity index (χ0) is 21.4. The minimum atomic E-state index is 0.442. The number of hydrogen-bond acceptors (Lipinski definition) is 7. The number of nitrogen functional groups attached to an aromatic ring is 1. The van der Waals surface area contributed by atoms with Gasteiger partial charge in [-0.05, 0) is 48.7 Å². The summed E-state index contributed by atoms with van der Waals surface area (Å²) in [5.41, 5.74) is 11.8. The lowest BCUT2D eigenvalue weighted by molar-refractivity contribution is 0.407. The number of pyridine rings is 1. The Morgan fingerprint density at radius 3 is 2.77 bits per heavy atom. The first-order chi connectivity index (χ1) is 15.0. The molecule has 5 rings (SSSR count). The van der Waals surface area contributed by atoms with E-state index in [1.807, 2.05) is 16.9 Å². The Labute approximate surface area is 180 Å². The van der Waals surface area contributed by atoms with Gasteiger partial charge in [0, 0.05) is 43.5 Å². The number of aromatic amines is 1. The Kier molecular flexibility index (Phi) is 5.03.